The van der Waals surface area contributed by atoms with E-state index < -0.39 is 24.1 Å². The standard InChI is InChI=1S/C10H8F2O3S/c11-10(12,8-6-14-9(13)15-8)16-7-4-2-1-3-5-7/h1-5,8H,6H2. The molecule has 1 saturated heterocycles. The van der Waals surface area contributed by atoms with Crippen molar-refractivity contribution in [1.82, 2.24) is 0 Å². The van der Waals surface area contributed by atoms with Crippen LogP contribution in [0.4, 0.5) is 13.6 Å². The first-order valence-corrected chi connectivity index (χ1v) is 5.35. The van der Waals surface area contributed by atoms with E-state index in [4.69, 9.17) is 0 Å². The summed E-state index contributed by atoms with van der Waals surface area (Å²) < 4.78 is 35.9. The quantitative estimate of drug-likeness (QED) is 0.606. The maximum absolute atomic E-state index is 13.6. The molecule has 1 aromatic carbocycles. The van der Waals surface area contributed by atoms with Crippen LogP contribution < -0.4 is 0 Å². The molecule has 1 aliphatic heterocycles. The zero-order chi connectivity index (χ0) is 11.6. The van der Waals surface area contributed by atoms with Crippen molar-refractivity contribution in [1.29, 1.82) is 0 Å². The van der Waals surface area contributed by atoms with E-state index in [1.807, 2.05) is 0 Å². The van der Waals surface area contributed by atoms with E-state index in [9.17, 15) is 13.6 Å². The van der Waals surface area contributed by atoms with Crippen molar-refractivity contribution in [2.24, 2.45) is 0 Å². The lowest BCUT2D eigenvalue weighted by Crippen LogP contribution is -2.32. The Hall–Kier alpha value is -1.30. The van der Waals surface area contributed by atoms with Crippen LogP contribution in [0.15, 0.2) is 35.2 Å². The number of halogens is 2. The number of ether oxygens (including phenoxy) is 2. The van der Waals surface area contributed by atoms with Gasteiger partial charge in [-0.3, -0.25) is 0 Å². The van der Waals surface area contributed by atoms with Crippen molar-refractivity contribution in [3.8, 4) is 0 Å². The molecule has 3 nitrogen and oxygen atoms in total. The van der Waals surface area contributed by atoms with E-state index in [-0.39, 0.29) is 0 Å². The summed E-state index contributed by atoms with van der Waals surface area (Å²) in [6, 6.07) is 8.19. The van der Waals surface area contributed by atoms with E-state index in [0.717, 1.165) is 0 Å². The number of carbonyl (C=O) groups excluding carboxylic acids is 1. The van der Waals surface area contributed by atoms with E-state index >= 15 is 0 Å². The largest absolute Gasteiger partial charge is 0.509 e. The molecule has 0 spiro atoms. The molecule has 1 aliphatic rings. The van der Waals surface area contributed by atoms with Gasteiger partial charge in [0.15, 0.2) is 0 Å². The summed E-state index contributed by atoms with van der Waals surface area (Å²) in [6.45, 7) is -0.411. The summed E-state index contributed by atoms with van der Waals surface area (Å²) in [4.78, 5) is 11.0. The van der Waals surface area contributed by atoms with Gasteiger partial charge in [-0.25, -0.2) is 4.79 Å². The lowest BCUT2D eigenvalue weighted by Gasteiger charge is -2.19. The monoisotopic (exact) mass is 246 g/mol. The van der Waals surface area contributed by atoms with Gasteiger partial charge in [0.25, 0.3) is 0 Å². The average Bonchev–Trinajstić information content (AvgIpc) is 2.66. The minimum absolute atomic E-state index is 0.355. The molecule has 0 saturated carbocycles. The van der Waals surface area contributed by atoms with Gasteiger partial charge >= 0.3 is 11.4 Å². The summed E-state index contributed by atoms with van der Waals surface area (Å²) in [7, 11) is 0. The highest BCUT2D eigenvalue weighted by atomic mass is 32.2. The Bertz CT molecular complexity index is 383. The Kier molecular flexibility index (Phi) is 3.00. The molecule has 0 aromatic heterocycles. The molecule has 1 atom stereocenters. The van der Waals surface area contributed by atoms with Crippen molar-refractivity contribution in [2.45, 2.75) is 16.3 Å². The molecule has 86 valence electrons. The molecule has 0 radical (unpaired) electrons. The number of hydrogen-bond donors (Lipinski definition) is 0. The number of carbonyl (C=O) groups is 1. The molecular weight excluding hydrogens is 238 g/mol. The summed E-state index contributed by atoms with van der Waals surface area (Å²) >= 11 is 0.355. The molecule has 16 heavy (non-hydrogen) atoms. The van der Waals surface area contributed by atoms with Crippen LogP contribution in [0, 0.1) is 0 Å². The number of thioether (sulfide) groups is 1. The fourth-order valence-corrected chi connectivity index (χ4v) is 2.06. The molecule has 0 amide bonds. The number of rotatable bonds is 3. The van der Waals surface area contributed by atoms with Crippen molar-refractivity contribution >= 4 is 17.9 Å². The Morgan fingerprint density at radius 1 is 1.31 bits per heavy atom. The van der Waals surface area contributed by atoms with Crippen LogP contribution in [0.1, 0.15) is 0 Å². The summed E-state index contributed by atoms with van der Waals surface area (Å²) in [5.74, 6) is 0. The van der Waals surface area contributed by atoms with Gasteiger partial charge in [0.2, 0.25) is 6.10 Å². The first kappa shape index (κ1) is 11.2. The minimum Gasteiger partial charge on any atom is -0.430 e. The van der Waals surface area contributed by atoms with Gasteiger partial charge in [0.05, 0.1) is 0 Å². The van der Waals surface area contributed by atoms with Crippen LogP contribution in [0.5, 0.6) is 0 Å². The lowest BCUT2D eigenvalue weighted by atomic mass is 10.4. The predicted octanol–water partition coefficient (Wildman–Crippen LogP) is 2.91. The second kappa shape index (κ2) is 4.29. The van der Waals surface area contributed by atoms with Crippen LogP contribution in [-0.2, 0) is 9.47 Å². The van der Waals surface area contributed by atoms with Crippen LogP contribution >= 0.6 is 11.8 Å². The van der Waals surface area contributed by atoms with Gasteiger partial charge in [0.1, 0.15) is 6.61 Å². The molecule has 2 rings (SSSR count). The fourth-order valence-electron chi connectivity index (χ4n) is 1.20. The molecule has 1 heterocycles. The Labute approximate surface area is 94.7 Å². The molecule has 1 fully saturated rings. The van der Waals surface area contributed by atoms with Gasteiger partial charge in [-0.2, -0.15) is 8.78 Å². The van der Waals surface area contributed by atoms with Gasteiger partial charge in [-0.15, -0.1) is 0 Å². The van der Waals surface area contributed by atoms with E-state index in [0.29, 0.717) is 16.7 Å². The van der Waals surface area contributed by atoms with Gasteiger partial charge < -0.3 is 9.47 Å². The third-order valence-corrected chi connectivity index (χ3v) is 3.01. The van der Waals surface area contributed by atoms with E-state index in [2.05, 4.69) is 9.47 Å². The van der Waals surface area contributed by atoms with E-state index in [1.165, 1.54) is 0 Å². The highest BCUT2D eigenvalue weighted by Crippen LogP contribution is 2.41. The first-order chi connectivity index (χ1) is 7.58. The second-order valence-electron chi connectivity index (χ2n) is 3.14. The molecule has 6 heteroatoms. The first-order valence-electron chi connectivity index (χ1n) is 4.53. The van der Waals surface area contributed by atoms with Crippen molar-refractivity contribution < 1.29 is 23.0 Å². The molecule has 0 aliphatic carbocycles. The lowest BCUT2D eigenvalue weighted by molar-refractivity contribution is -0.0185. The molecule has 0 bridgehead atoms. The predicted molar refractivity (Wildman–Crippen MR) is 53.5 cm³/mol. The van der Waals surface area contributed by atoms with Crippen LogP contribution in [0.25, 0.3) is 0 Å². The SMILES string of the molecule is O=C1OCC(C(F)(F)Sc2ccccc2)O1. The Balaban J connectivity index is 2.05. The molecule has 1 aromatic rings. The minimum atomic E-state index is -3.19. The number of cyclic esters (lactones) is 2. The molecule has 0 N–H and O–H groups in total. The summed E-state index contributed by atoms with van der Waals surface area (Å²) in [5.41, 5.74) is 0. The van der Waals surface area contributed by atoms with Gasteiger partial charge in [-0.05, 0) is 23.9 Å². The van der Waals surface area contributed by atoms with E-state index in [1.54, 1.807) is 30.3 Å². The van der Waals surface area contributed by atoms with Crippen LogP contribution in [0.3, 0.4) is 0 Å². The van der Waals surface area contributed by atoms with Crippen molar-refractivity contribution in [3.05, 3.63) is 30.3 Å². The van der Waals surface area contributed by atoms with Crippen LogP contribution in [0.2, 0.25) is 0 Å². The number of hydrogen-bond acceptors (Lipinski definition) is 4. The highest BCUT2D eigenvalue weighted by Gasteiger charge is 2.48. The summed E-state index contributed by atoms with van der Waals surface area (Å²) in [5, 5.41) is -3.19. The Morgan fingerprint density at radius 3 is 2.56 bits per heavy atom. The average molecular weight is 246 g/mol. The third-order valence-electron chi connectivity index (χ3n) is 1.96. The Morgan fingerprint density at radius 2 is 2.00 bits per heavy atom. The molecule has 1 unspecified atom stereocenters. The third kappa shape index (κ3) is 2.44. The fraction of sp³-hybridized carbons (Fsp3) is 0.300. The zero-order valence-corrected chi connectivity index (χ0v) is 8.88. The highest BCUT2D eigenvalue weighted by molar-refractivity contribution is 8.00. The molecular formula is C10H8F2O3S. The summed E-state index contributed by atoms with van der Waals surface area (Å²) in [6.07, 6.45) is -2.57. The van der Waals surface area contributed by atoms with Gasteiger partial charge in [-0.1, -0.05) is 18.2 Å². The zero-order valence-electron chi connectivity index (χ0n) is 8.06. The normalized spacial score (nSPS) is 20.4. The maximum Gasteiger partial charge on any atom is 0.509 e. The van der Waals surface area contributed by atoms with Crippen LogP contribution in [-0.4, -0.2) is 24.1 Å². The van der Waals surface area contributed by atoms with Crippen molar-refractivity contribution in [2.75, 3.05) is 6.61 Å². The number of alkyl halides is 2. The maximum atomic E-state index is 13.6. The second-order valence-corrected chi connectivity index (χ2v) is 4.36. The van der Waals surface area contributed by atoms with Crippen molar-refractivity contribution in [3.63, 3.8) is 0 Å². The number of benzene rings is 1. The van der Waals surface area contributed by atoms with Gasteiger partial charge in [0, 0.05) is 4.90 Å². The smallest absolute Gasteiger partial charge is 0.430 e. The topological polar surface area (TPSA) is 35.5 Å².